The van der Waals surface area contributed by atoms with E-state index in [1.165, 1.54) is 23.7 Å². The Morgan fingerprint density at radius 1 is 1.16 bits per heavy atom. The molecule has 1 aromatic carbocycles. The molecule has 5 rings (SSSR count). The van der Waals surface area contributed by atoms with E-state index >= 15 is 4.39 Å². The number of piperidine rings is 2. The number of anilines is 1. The third kappa shape index (κ3) is 2.75. The minimum Gasteiger partial charge on any atom is -0.367 e. The highest BCUT2D eigenvalue weighted by Gasteiger charge is 2.61. The molecular formula is C20H22F3N5O3. The maximum Gasteiger partial charge on any atom is 0.329 e. The Balaban J connectivity index is 1.52. The summed E-state index contributed by atoms with van der Waals surface area (Å²) in [6.07, 6.45) is 0.536. The number of alkyl halides is 2. The van der Waals surface area contributed by atoms with Crippen molar-refractivity contribution in [1.82, 2.24) is 19.8 Å². The molecule has 1 atom stereocenters. The molecule has 0 bridgehead atoms. The summed E-state index contributed by atoms with van der Waals surface area (Å²) in [5.74, 6) is -4.57. The van der Waals surface area contributed by atoms with Crippen molar-refractivity contribution in [2.24, 2.45) is 12.5 Å². The van der Waals surface area contributed by atoms with Gasteiger partial charge in [0.05, 0.1) is 23.2 Å². The third-order valence-corrected chi connectivity index (χ3v) is 6.92. The van der Waals surface area contributed by atoms with Gasteiger partial charge in [-0.1, -0.05) is 0 Å². The summed E-state index contributed by atoms with van der Waals surface area (Å²) in [6.45, 7) is 0.178. The van der Waals surface area contributed by atoms with Crippen LogP contribution in [0.25, 0.3) is 11.0 Å². The van der Waals surface area contributed by atoms with Crippen molar-refractivity contribution >= 4 is 28.5 Å². The Morgan fingerprint density at radius 3 is 2.58 bits per heavy atom. The Hall–Kier alpha value is -2.82. The first-order chi connectivity index (χ1) is 14.7. The molecule has 3 saturated heterocycles. The van der Waals surface area contributed by atoms with Crippen LogP contribution in [0.4, 0.5) is 18.9 Å². The summed E-state index contributed by atoms with van der Waals surface area (Å²) in [6, 6.07) is 2.08. The zero-order valence-corrected chi connectivity index (χ0v) is 16.9. The number of rotatable bonds is 2. The van der Waals surface area contributed by atoms with Gasteiger partial charge in [0.2, 0.25) is 11.8 Å². The Bertz CT molecular complexity index is 1160. The number of fused-ring (bicyclic) bond motifs is 1. The Morgan fingerprint density at radius 2 is 1.90 bits per heavy atom. The lowest BCUT2D eigenvalue weighted by atomic mass is 9.69. The van der Waals surface area contributed by atoms with Gasteiger partial charge in [-0.25, -0.2) is 18.0 Å². The number of benzene rings is 1. The van der Waals surface area contributed by atoms with Gasteiger partial charge in [0.1, 0.15) is 11.6 Å². The summed E-state index contributed by atoms with van der Waals surface area (Å²) in [5.41, 5.74) is -1.37. The number of carbonyl (C=O) groups excluding carboxylic acids is 2. The number of carbonyl (C=O) groups is 2. The van der Waals surface area contributed by atoms with Gasteiger partial charge in [0.15, 0.2) is 5.82 Å². The molecule has 0 aliphatic carbocycles. The number of amides is 2. The molecule has 2 N–H and O–H groups in total. The molecule has 3 aliphatic rings. The summed E-state index contributed by atoms with van der Waals surface area (Å²) >= 11 is 0. The molecule has 166 valence electrons. The number of aromatic nitrogens is 2. The molecule has 2 amide bonds. The van der Waals surface area contributed by atoms with Crippen LogP contribution in [0.5, 0.6) is 0 Å². The smallest absolute Gasteiger partial charge is 0.329 e. The highest BCUT2D eigenvalue weighted by atomic mass is 19.3. The van der Waals surface area contributed by atoms with Crippen molar-refractivity contribution in [2.45, 2.75) is 31.2 Å². The van der Waals surface area contributed by atoms with E-state index in [0.29, 0.717) is 13.0 Å². The van der Waals surface area contributed by atoms with E-state index in [-0.39, 0.29) is 49.2 Å². The fourth-order valence-corrected chi connectivity index (χ4v) is 5.08. The number of imidazole rings is 1. The highest BCUT2D eigenvalue weighted by Crippen LogP contribution is 2.50. The molecule has 2 aromatic rings. The quantitative estimate of drug-likeness (QED) is 0.682. The normalized spacial score (nSPS) is 25.0. The highest BCUT2D eigenvalue weighted by molar-refractivity contribution is 6.00. The van der Waals surface area contributed by atoms with E-state index in [9.17, 15) is 23.2 Å². The van der Waals surface area contributed by atoms with Gasteiger partial charge in [-0.2, -0.15) is 0 Å². The molecule has 31 heavy (non-hydrogen) atoms. The standard InChI is InChI=1S/C20H22F3N5O3/c1-26-16-12(28(18(26)31)13-4-5-14(29)25-17(13)30)3-2-11(15(16)21)27-9-19(10-27)6-7-24-8-20(19,22)23/h2-3,13,24H,4-10H2,1H3,(H,25,29,30). The lowest BCUT2D eigenvalue weighted by molar-refractivity contribution is -0.151. The van der Waals surface area contributed by atoms with Gasteiger partial charge < -0.3 is 10.2 Å². The molecule has 3 fully saturated rings. The minimum atomic E-state index is -2.87. The van der Waals surface area contributed by atoms with E-state index in [1.54, 1.807) is 4.90 Å². The number of nitrogens with one attached hydrogen (secondary N) is 2. The molecule has 1 unspecified atom stereocenters. The zero-order chi connectivity index (χ0) is 22.1. The first-order valence-corrected chi connectivity index (χ1v) is 10.2. The predicted octanol–water partition coefficient (Wildman–Crippen LogP) is 0.892. The topological polar surface area (TPSA) is 88.4 Å². The number of aryl methyl sites for hydroxylation is 1. The van der Waals surface area contributed by atoms with Crippen LogP contribution in [-0.4, -0.2) is 53.1 Å². The lowest BCUT2D eigenvalue weighted by Gasteiger charge is -2.56. The predicted molar refractivity (Wildman–Crippen MR) is 106 cm³/mol. The van der Waals surface area contributed by atoms with Gasteiger partial charge in [-0.15, -0.1) is 0 Å². The van der Waals surface area contributed by atoms with Crippen molar-refractivity contribution in [3.8, 4) is 0 Å². The van der Waals surface area contributed by atoms with E-state index in [2.05, 4.69) is 10.6 Å². The van der Waals surface area contributed by atoms with Gasteiger partial charge in [0, 0.05) is 26.6 Å². The average Bonchev–Trinajstić information content (AvgIpc) is 2.92. The molecule has 4 heterocycles. The number of nitrogens with zero attached hydrogens (tertiary/aromatic N) is 3. The van der Waals surface area contributed by atoms with Crippen molar-refractivity contribution in [1.29, 1.82) is 0 Å². The number of imide groups is 1. The second-order valence-electron chi connectivity index (χ2n) is 8.71. The monoisotopic (exact) mass is 437 g/mol. The Labute approximate surface area is 175 Å². The molecule has 0 saturated carbocycles. The summed E-state index contributed by atoms with van der Waals surface area (Å²) in [5, 5.41) is 4.91. The van der Waals surface area contributed by atoms with Crippen molar-refractivity contribution in [2.75, 3.05) is 31.1 Å². The molecule has 3 aliphatic heterocycles. The van der Waals surface area contributed by atoms with Crippen LogP contribution in [0.3, 0.4) is 0 Å². The molecule has 8 nitrogen and oxygen atoms in total. The number of hydrogen-bond donors (Lipinski definition) is 2. The van der Waals surface area contributed by atoms with Crippen molar-refractivity contribution < 1.29 is 22.8 Å². The summed E-state index contributed by atoms with van der Waals surface area (Å²) in [4.78, 5) is 38.1. The molecular weight excluding hydrogens is 415 g/mol. The summed E-state index contributed by atoms with van der Waals surface area (Å²) in [7, 11) is 1.40. The van der Waals surface area contributed by atoms with Crippen LogP contribution < -0.4 is 21.2 Å². The fourth-order valence-electron chi connectivity index (χ4n) is 5.08. The zero-order valence-electron chi connectivity index (χ0n) is 16.9. The van der Waals surface area contributed by atoms with Gasteiger partial charge in [-0.3, -0.25) is 24.0 Å². The number of hydrogen-bond acceptors (Lipinski definition) is 5. The largest absolute Gasteiger partial charge is 0.367 e. The van der Waals surface area contributed by atoms with Crippen molar-refractivity contribution in [3.63, 3.8) is 0 Å². The molecule has 1 spiro atoms. The van der Waals surface area contributed by atoms with Crippen LogP contribution in [0.2, 0.25) is 0 Å². The number of halogens is 3. The molecule has 0 radical (unpaired) electrons. The van der Waals surface area contributed by atoms with E-state index < -0.39 is 40.7 Å². The maximum atomic E-state index is 15.5. The van der Waals surface area contributed by atoms with E-state index in [0.717, 1.165) is 4.57 Å². The van der Waals surface area contributed by atoms with Gasteiger partial charge in [0.25, 0.3) is 5.92 Å². The second kappa shape index (κ2) is 6.59. The summed E-state index contributed by atoms with van der Waals surface area (Å²) < 4.78 is 46.7. The van der Waals surface area contributed by atoms with Crippen molar-refractivity contribution in [3.05, 3.63) is 28.4 Å². The second-order valence-corrected chi connectivity index (χ2v) is 8.71. The van der Waals surface area contributed by atoms with Crippen LogP contribution in [-0.2, 0) is 16.6 Å². The average molecular weight is 437 g/mol. The lowest BCUT2D eigenvalue weighted by Crippen LogP contribution is -2.70. The SMILES string of the molecule is Cn1c(=O)n(C2CCC(=O)NC2=O)c2ccc(N3CC4(CCNCC4(F)F)C3)c(F)c21. The molecule has 1 aromatic heterocycles. The first kappa shape index (κ1) is 20.1. The minimum absolute atomic E-state index is 0.00483. The van der Waals surface area contributed by atoms with Crippen LogP contribution in [0.1, 0.15) is 25.3 Å². The molecule has 11 heteroatoms. The fraction of sp³-hybridized carbons (Fsp3) is 0.550. The Kier molecular flexibility index (Phi) is 4.27. The third-order valence-electron chi connectivity index (χ3n) is 6.92. The first-order valence-electron chi connectivity index (χ1n) is 10.2. The van der Waals surface area contributed by atoms with Crippen LogP contribution in [0.15, 0.2) is 16.9 Å². The van der Waals surface area contributed by atoms with E-state index in [4.69, 9.17) is 0 Å². The maximum absolute atomic E-state index is 15.5. The van der Waals surface area contributed by atoms with Crippen LogP contribution in [0, 0.1) is 11.2 Å². The van der Waals surface area contributed by atoms with Gasteiger partial charge >= 0.3 is 5.69 Å². The van der Waals surface area contributed by atoms with E-state index in [1.807, 2.05) is 0 Å². The van der Waals surface area contributed by atoms with Crippen LogP contribution >= 0.6 is 0 Å². The van der Waals surface area contributed by atoms with Gasteiger partial charge in [-0.05, 0) is 31.5 Å².